The highest BCUT2D eigenvalue weighted by molar-refractivity contribution is 5.95. The standard InChI is InChI=1S/C24H30N2O4/c1-6-14-26(15-7-2)24(28)18(5)25-23(27)22-13-12-21(30-22)16-29-20-10-8-19(9-11-20)17(3)4/h6-13,17-18H,1-2,14-16H2,3-5H3,(H,25,27). The van der Waals surface area contributed by atoms with Crippen LogP contribution in [0.5, 0.6) is 5.75 Å². The third-order valence-electron chi connectivity index (χ3n) is 4.54. The number of nitrogens with one attached hydrogen (secondary N) is 1. The maximum Gasteiger partial charge on any atom is 0.287 e. The molecule has 0 aliphatic carbocycles. The van der Waals surface area contributed by atoms with Crippen molar-refractivity contribution in [2.75, 3.05) is 13.1 Å². The lowest BCUT2D eigenvalue weighted by Crippen LogP contribution is -2.47. The molecule has 1 heterocycles. The van der Waals surface area contributed by atoms with Gasteiger partial charge in [0.2, 0.25) is 5.91 Å². The van der Waals surface area contributed by atoms with Crippen molar-refractivity contribution in [2.24, 2.45) is 0 Å². The maximum atomic E-state index is 12.5. The van der Waals surface area contributed by atoms with Gasteiger partial charge in [-0.2, -0.15) is 0 Å². The fraction of sp³-hybridized carbons (Fsp3) is 0.333. The van der Waals surface area contributed by atoms with E-state index in [4.69, 9.17) is 9.15 Å². The van der Waals surface area contributed by atoms with Crippen molar-refractivity contribution < 1.29 is 18.7 Å². The molecule has 0 bridgehead atoms. The third kappa shape index (κ3) is 6.37. The first-order valence-corrected chi connectivity index (χ1v) is 9.98. The van der Waals surface area contributed by atoms with Gasteiger partial charge in [0.1, 0.15) is 24.2 Å². The molecule has 6 heteroatoms. The van der Waals surface area contributed by atoms with E-state index in [1.807, 2.05) is 24.3 Å². The molecule has 0 radical (unpaired) electrons. The van der Waals surface area contributed by atoms with E-state index in [9.17, 15) is 9.59 Å². The van der Waals surface area contributed by atoms with Gasteiger partial charge < -0.3 is 19.4 Å². The van der Waals surface area contributed by atoms with Gasteiger partial charge in [0.05, 0.1) is 0 Å². The Morgan fingerprint density at radius 1 is 1.07 bits per heavy atom. The summed E-state index contributed by atoms with van der Waals surface area (Å²) in [4.78, 5) is 26.5. The zero-order valence-electron chi connectivity index (χ0n) is 17.9. The van der Waals surface area contributed by atoms with Crippen LogP contribution in [0.4, 0.5) is 0 Å². The molecular weight excluding hydrogens is 380 g/mol. The number of carbonyl (C=O) groups is 2. The predicted molar refractivity (Wildman–Crippen MR) is 117 cm³/mol. The Kier molecular flexibility index (Phi) is 8.47. The van der Waals surface area contributed by atoms with Gasteiger partial charge in [-0.15, -0.1) is 13.2 Å². The molecule has 6 nitrogen and oxygen atoms in total. The largest absolute Gasteiger partial charge is 0.486 e. The van der Waals surface area contributed by atoms with Crippen molar-refractivity contribution in [3.05, 3.63) is 78.8 Å². The molecule has 1 atom stereocenters. The first kappa shape index (κ1) is 23.0. The second-order valence-corrected chi connectivity index (χ2v) is 7.29. The van der Waals surface area contributed by atoms with Crippen LogP contribution in [0.25, 0.3) is 0 Å². The van der Waals surface area contributed by atoms with E-state index < -0.39 is 11.9 Å². The molecular formula is C24H30N2O4. The van der Waals surface area contributed by atoms with Gasteiger partial charge in [0, 0.05) is 13.1 Å². The predicted octanol–water partition coefficient (Wildman–Crippen LogP) is 4.30. The molecule has 0 spiro atoms. The zero-order valence-corrected chi connectivity index (χ0v) is 17.9. The lowest BCUT2D eigenvalue weighted by atomic mass is 10.0. The van der Waals surface area contributed by atoms with Crippen LogP contribution in [0.3, 0.4) is 0 Å². The molecule has 0 saturated carbocycles. The van der Waals surface area contributed by atoms with E-state index in [2.05, 4.69) is 32.3 Å². The summed E-state index contributed by atoms with van der Waals surface area (Å²) in [5, 5.41) is 2.66. The molecule has 1 aromatic carbocycles. The number of furan rings is 1. The summed E-state index contributed by atoms with van der Waals surface area (Å²) in [6.45, 7) is 14.2. The molecule has 1 unspecified atom stereocenters. The summed E-state index contributed by atoms with van der Waals surface area (Å²) in [5.41, 5.74) is 1.24. The molecule has 30 heavy (non-hydrogen) atoms. The van der Waals surface area contributed by atoms with Crippen LogP contribution < -0.4 is 10.1 Å². The molecule has 0 aliphatic heterocycles. The number of amides is 2. The Balaban J connectivity index is 1.91. The molecule has 1 aromatic heterocycles. The molecule has 160 valence electrons. The van der Waals surface area contributed by atoms with E-state index >= 15 is 0 Å². The van der Waals surface area contributed by atoms with Crippen molar-refractivity contribution in [2.45, 2.75) is 39.3 Å². The highest BCUT2D eigenvalue weighted by Crippen LogP contribution is 2.20. The van der Waals surface area contributed by atoms with Gasteiger partial charge in [0.15, 0.2) is 5.76 Å². The minimum atomic E-state index is -0.707. The second-order valence-electron chi connectivity index (χ2n) is 7.29. The lowest BCUT2D eigenvalue weighted by molar-refractivity contribution is -0.131. The molecule has 0 aliphatic rings. The van der Waals surface area contributed by atoms with Crippen molar-refractivity contribution in [1.82, 2.24) is 10.2 Å². The van der Waals surface area contributed by atoms with Gasteiger partial charge in [-0.25, -0.2) is 0 Å². The van der Waals surface area contributed by atoms with E-state index in [1.54, 1.807) is 36.1 Å². The minimum Gasteiger partial charge on any atom is -0.486 e. The van der Waals surface area contributed by atoms with Gasteiger partial charge in [-0.1, -0.05) is 38.1 Å². The fourth-order valence-corrected chi connectivity index (χ4v) is 2.85. The third-order valence-corrected chi connectivity index (χ3v) is 4.54. The highest BCUT2D eigenvalue weighted by Gasteiger charge is 2.22. The average molecular weight is 411 g/mol. The smallest absolute Gasteiger partial charge is 0.287 e. The van der Waals surface area contributed by atoms with Crippen LogP contribution in [-0.2, 0) is 11.4 Å². The number of nitrogens with zero attached hydrogens (tertiary/aromatic N) is 1. The van der Waals surface area contributed by atoms with Crippen LogP contribution >= 0.6 is 0 Å². The topological polar surface area (TPSA) is 71.8 Å². The average Bonchev–Trinajstić information content (AvgIpc) is 3.21. The van der Waals surface area contributed by atoms with Crippen LogP contribution in [-0.4, -0.2) is 35.8 Å². The number of hydrogen-bond donors (Lipinski definition) is 1. The first-order valence-electron chi connectivity index (χ1n) is 9.98. The molecule has 2 aromatic rings. The molecule has 0 saturated heterocycles. The number of carbonyl (C=O) groups excluding carboxylic acids is 2. The van der Waals surface area contributed by atoms with E-state index in [1.165, 1.54) is 5.56 Å². The number of rotatable bonds is 11. The highest BCUT2D eigenvalue weighted by atomic mass is 16.5. The summed E-state index contributed by atoms with van der Waals surface area (Å²) in [5.74, 6) is 1.16. The Bertz CT molecular complexity index is 858. The lowest BCUT2D eigenvalue weighted by Gasteiger charge is -2.23. The van der Waals surface area contributed by atoms with Crippen molar-refractivity contribution in [3.63, 3.8) is 0 Å². The monoisotopic (exact) mass is 410 g/mol. The SMILES string of the molecule is C=CCN(CC=C)C(=O)C(C)NC(=O)c1ccc(COc2ccc(C(C)C)cc2)o1. The normalized spacial score (nSPS) is 11.6. The second kappa shape index (κ2) is 11.0. The maximum absolute atomic E-state index is 12.5. The Hall–Kier alpha value is -3.28. The summed E-state index contributed by atoms with van der Waals surface area (Å²) in [7, 11) is 0. The van der Waals surface area contributed by atoms with Crippen LogP contribution in [0.2, 0.25) is 0 Å². The Morgan fingerprint density at radius 2 is 1.70 bits per heavy atom. The molecule has 0 fully saturated rings. The first-order chi connectivity index (χ1) is 14.3. The zero-order chi connectivity index (χ0) is 22.1. The van der Waals surface area contributed by atoms with Crippen molar-refractivity contribution in [1.29, 1.82) is 0 Å². The quantitative estimate of drug-likeness (QED) is 0.561. The number of hydrogen-bond acceptors (Lipinski definition) is 4. The Labute approximate surface area is 178 Å². The van der Waals surface area contributed by atoms with Gasteiger partial charge >= 0.3 is 0 Å². The molecule has 2 rings (SSSR count). The molecule has 1 N–H and O–H groups in total. The summed E-state index contributed by atoms with van der Waals surface area (Å²) in [6.07, 6.45) is 3.26. The summed E-state index contributed by atoms with van der Waals surface area (Å²) < 4.78 is 11.3. The van der Waals surface area contributed by atoms with E-state index in [-0.39, 0.29) is 18.3 Å². The Morgan fingerprint density at radius 3 is 2.27 bits per heavy atom. The van der Waals surface area contributed by atoms with Crippen molar-refractivity contribution >= 4 is 11.8 Å². The van der Waals surface area contributed by atoms with Gasteiger partial charge in [-0.3, -0.25) is 9.59 Å². The van der Waals surface area contributed by atoms with Gasteiger partial charge in [0.25, 0.3) is 5.91 Å². The number of benzene rings is 1. The minimum absolute atomic E-state index is 0.127. The van der Waals surface area contributed by atoms with Crippen LogP contribution in [0.1, 0.15) is 48.6 Å². The summed E-state index contributed by atoms with van der Waals surface area (Å²) in [6, 6.07) is 10.4. The number of ether oxygens (including phenoxy) is 1. The van der Waals surface area contributed by atoms with Crippen LogP contribution in [0.15, 0.2) is 66.1 Å². The van der Waals surface area contributed by atoms with E-state index in [0.717, 1.165) is 5.75 Å². The van der Waals surface area contributed by atoms with Crippen LogP contribution in [0, 0.1) is 0 Å². The van der Waals surface area contributed by atoms with Gasteiger partial charge in [-0.05, 0) is 42.7 Å². The van der Waals surface area contributed by atoms with Crippen molar-refractivity contribution in [3.8, 4) is 5.75 Å². The summed E-state index contributed by atoms with van der Waals surface area (Å²) >= 11 is 0. The fourth-order valence-electron chi connectivity index (χ4n) is 2.85. The molecule has 2 amide bonds. The van der Waals surface area contributed by atoms with E-state index in [0.29, 0.717) is 24.8 Å².